The summed E-state index contributed by atoms with van der Waals surface area (Å²) in [5.74, 6) is -6.12. The Kier molecular flexibility index (Phi) is 7.51. The van der Waals surface area contributed by atoms with E-state index in [4.69, 9.17) is 23.7 Å². The maximum Gasteiger partial charge on any atom is 0.317 e. The van der Waals surface area contributed by atoms with E-state index in [0.29, 0.717) is 0 Å². The SMILES string of the molecule is O=C(O)CC(=O)OCC1OC(Oc2c(O)cc3oc(-c4ccc(O)c(O)c4)cc(=O)c3c2O)C(O)C(O)C1O. The summed E-state index contributed by atoms with van der Waals surface area (Å²) in [4.78, 5) is 34.9. The number of ether oxygens (including phenoxy) is 3. The van der Waals surface area contributed by atoms with Gasteiger partial charge >= 0.3 is 11.9 Å². The number of hydrogen-bond donors (Lipinski definition) is 8. The Morgan fingerprint density at radius 2 is 1.62 bits per heavy atom. The maximum absolute atomic E-state index is 12.8. The van der Waals surface area contributed by atoms with E-state index >= 15 is 0 Å². The van der Waals surface area contributed by atoms with Crippen LogP contribution in [0.15, 0.2) is 39.5 Å². The molecule has 1 saturated heterocycles. The van der Waals surface area contributed by atoms with Crippen LogP contribution in [0.25, 0.3) is 22.3 Å². The summed E-state index contributed by atoms with van der Waals surface area (Å²) in [7, 11) is 0. The van der Waals surface area contributed by atoms with Crippen molar-refractivity contribution < 1.29 is 69.1 Å². The minimum absolute atomic E-state index is 0.0845. The van der Waals surface area contributed by atoms with E-state index in [0.717, 1.165) is 24.3 Å². The number of carboxylic acids is 1. The van der Waals surface area contributed by atoms with Crippen molar-refractivity contribution in [3.63, 3.8) is 0 Å². The average Bonchev–Trinajstić information content (AvgIpc) is 2.86. The quantitative estimate of drug-likeness (QED) is 0.105. The molecule has 2 heterocycles. The van der Waals surface area contributed by atoms with Gasteiger partial charge in [-0.2, -0.15) is 0 Å². The zero-order chi connectivity index (χ0) is 28.6. The predicted octanol–water partition coefficient (Wildman–Crippen LogP) is -0.513. The van der Waals surface area contributed by atoms with Crippen LogP contribution >= 0.6 is 0 Å². The Hall–Kier alpha value is -4.57. The smallest absolute Gasteiger partial charge is 0.317 e. The molecule has 1 fully saturated rings. The molecule has 0 aliphatic carbocycles. The number of esters is 1. The van der Waals surface area contributed by atoms with Gasteiger partial charge in [0.2, 0.25) is 12.0 Å². The molecule has 8 N–H and O–H groups in total. The van der Waals surface area contributed by atoms with Crippen molar-refractivity contribution in [2.75, 3.05) is 6.61 Å². The maximum atomic E-state index is 12.8. The van der Waals surface area contributed by atoms with Crippen LogP contribution in [0.1, 0.15) is 6.42 Å². The van der Waals surface area contributed by atoms with Crippen LogP contribution in [-0.2, 0) is 19.1 Å². The monoisotopic (exact) mass is 550 g/mol. The molecule has 0 saturated carbocycles. The van der Waals surface area contributed by atoms with Gasteiger partial charge in [0.15, 0.2) is 28.4 Å². The van der Waals surface area contributed by atoms with E-state index in [9.17, 15) is 50.1 Å². The topological polar surface area (TPSA) is 254 Å². The number of carbonyl (C=O) groups excluding carboxylic acids is 1. The number of aliphatic carboxylic acids is 1. The lowest BCUT2D eigenvalue weighted by molar-refractivity contribution is -0.278. The van der Waals surface area contributed by atoms with Gasteiger partial charge in [-0.25, -0.2) is 0 Å². The van der Waals surface area contributed by atoms with E-state index in [-0.39, 0.29) is 16.9 Å². The number of fused-ring (bicyclic) bond motifs is 1. The molecule has 2 aromatic carbocycles. The summed E-state index contributed by atoms with van der Waals surface area (Å²) < 4.78 is 20.9. The van der Waals surface area contributed by atoms with Gasteiger partial charge < -0.3 is 59.5 Å². The van der Waals surface area contributed by atoms with Crippen LogP contribution in [0, 0.1) is 0 Å². The number of aliphatic hydroxyl groups is 3. The Morgan fingerprint density at radius 1 is 0.897 bits per heavy atom. The predicted molar refractivity (Wildman–Crippen MR) is 125 cm³/mol. The third-order valence-electron chi connectivity index (χ3n) is 5.79. The molecule has 1 aromatic heterocycles. The van der Waals surface area contributed by atoms with Crippen LogP contribution in [0.5, 0.6) is 28.7 Å². The van der Waals surface area contributed by atoms with Gasteiger partial charge in [0, 0.05) is 17.7 Å². The number of benzene rings is 2. The fourth-order valence-corrected chi connectivity index (χ4v) is 3.82. The van der Waals surface area contributed by atoms with E-state index in [1.165, 1.54) is 6.07 Å². The molecule has 208 valence electrons. The number of hydrogen-bond acceptors (Lipinski definition) is 14. The molecule has 15 heteroatoms. The highest BCUT2D eigenvalue weighted by Gasteiger charge is 2.46. The summed E-state index contributed by atoms with van der Waals surface area (Å²) >= 11 is 0. The first-order valence-corrected chi connectivity index (χ1v) is 11.2. The molecular formula is C24H22O15. The van der Waals surface area contributed by atoms with Crippen LogP contribution in [0.3, 0.4) is 0 Å². The number of rotatable bonds is 7. The Bertz CT molecular complexity index is 1480. The van der Waals surface area contributed by atoms with Gasteiger partial charge in [0.1, 0.15) is 54.2 Å². The van der Waals surface area contributed by atoms with Crippen LogP contribution in [-0.4, -0.2) is 90.1 Å². The van der Waals surface area contributed by atoms with E-state index in [1.54, 1.807) is 0 Å². The molecular weight excluding hydrogens is 528 g/mol. The Labute approximate surface area is 216 Å². The molecule has 5 unspecified atom stereocenters. The normalized spacial score (nSPS) is 22.9. The second kappa shape index (κ2) is 10.7. The van der Waals surface area contributed by atoms with Gasteiger partial charge in [-0.15, -0.1) is 0 Å². The van der Waals surface area contributed by atoms with Crippen molar-refractivity contribution >= 4 is 22.9 Å². The second-order valence-electron chi connectivity index (χ2n) is 8.51. The van der Waals surface area contributed by atoms with Crippen LogP contribution < -0.4 is 10.2 Å². The number of aliphatic hydroxyl groups excluding tert-OH is 3. The molecule has 5 atom stereocenters. The van der Waals surface area contributed by atoms with Crippen molar-refractivity contribution in [2.24, 2.45) is 0 Å². The van der Waals surface area contributed by atoms with E-state index in [2.05, 4.69) is 0 Å². The molecule has 1 aliphatic heterocycles. The first-order chi connectivity index (χ1) is 18.4. The number of aromatic hydroxyl groups is 4. The van der Waals surface area contributed by atoms with Gasteiger partial charge in [-0.3, -0.25) is 14.4 Å². The largest absolute Gasteiger partial charge is 0.504 e. The third kappa shape index (κ3) is 5.51. The highest BCUT2D eigenvalue weighted by Crippen LogP contribution is 2.43. The first-order valence-electron chi connectivity index (χ1n) is 11.2. The zero-order valence-corrected chi connectivity index (χ0v) is 19.6. The highest BCUT2D eigenvalue weighted by atomic mass is 16.7. The highest BCUT2D eigenvalue weighted by molar-refractivity contribution is 5.90. The van der Waals surface area contributed by atoms with Crippen LogP contribution in [0.4, 0.5) is 0 Å². The van der Waals surface area contributed by atoms with Gasteiger partial charge in [0.05, 0.1) is 0 Å². The number of carbonyl (C=O) groups is 2. The Morgan fingerprint density at radius 3 is 2.28 bits per heavy atom. The van der Waals surface area contributed by atoms with Gasteiger partial charge in [-0.05, 0) is 18.2 Å². The summed E-state index contributed by atoms with van der Waals surface area (Å²) in [6, 6.07) is 5.48. The lowest BCUT2D eigenvalue weighted by atomic mass is 9.99. The van der Waals surface area contributed by atoms with Crippen LogP contribution in [0.2, 0.25) is 0 Å². The summed E-state index contributed by atoms with van der Waals surface area (Å²) in [5.41, 5.74) is -0.939. The van der Waals surface area contributed by atoms with Crippen molar-refractivity contribution in [3.8, 4) is 40.1 Å². The van der Waals surface area contributed by atoms with Gasteiger partial charge in [-0.1, -0.05) is 0 Å². The fraction of sp³-hybridized carbons (Fsp3) is 0.292. The minimum atomic E-state index is -1.96. The van der Waals surface area contributed by atoms with Crippen molar-refractivity contribution in [1.82, 2.24) is 0 Å². The van der Waals surface area contributed by atoms with Gasteiger partial charge in [0.25, 0.3) is 0 Å². The minimum Gasteiger partial charge on any atom is -0.504 e. The number of phenols is 4. The summed E-state index contributed by atoms with van der Waals surface area (Å²) in [6.07, 6.45) is -10.1. The number of carboxylic acid groups (broad SMARTS) is 1. The third-order valence-corrected chi connectivity index (χ3v) is 5.79. The van der Waals surface area contributed by atoms with Crippen molar-refractivity contribution in [1.29, 1.82) is 0 Å². The molecule has 15 nitrogen and oxygen atoms in total. The zero-order valence-electron chi connectivity index (χ0n) is 19.6. The summed E-state index contributed by atoms with van der Waals surface area (Å²) in [6.45, 7) is -0.744. The Balaban J connectivity index is 1.62. The molecule has 0 spiro atoms. The number of phenolic OH excluding ortho intramolecular Hbond substituents is 4. The lowest BCUT2D eigenvalue weighted by Crippen LogP contribution is -2.60. The second-order valence-corrected chi connectivity index (χ2v) is 8.51. The molecule has 39 heavy (non-hydrogen) atoms. The average molecular weight is 550 g/mol. The molecule has 3 aromatic rings. The molecule has 1 aliphatic rings. The standard InChI is InChI=1S/C24H22O15/c25-9-2-1-8(3-10(9)26)13-4-11(27)18-14(37-13)5-12(28)23(20(18)33)39-24-22(35)21(34)19(32)15(38-24)7-36-17(31)6-16(29)30/h1-5,15,19,21-22,24-26,28,32-35H,6-7H2,(H,29,30). The molecule has 0 radical (unpaired) electrons. The summed E-state index contributed by atoms with van der Waals surface area (Å²) in [5, 5.41) is 79.2. The fourth-order valence-electron chi connectivity index (χ4n) is 3.82. The van der Waals surface area contributed by atoms with E-state index < -0.39 is 95.2 Å². The molecule has 4 rings (SSSR count). The first kappa shape index (κ1) is 27.5. The molecule has 0 amide bonds. The van der Waals surface area contributed by atoms with Crippen molar-refractivity contribution in [2.45, 2.75) is 37.1 Å². The van der Waals surface area contributed by atoms with E-state index in [1.807, 2.05) is 0 Å². The van der Waals surface area contributed by atoms with Crippen molar-refractivity contribution in [3.05, 3.63) is 40.6 Å². The lowest BCUT2D eigenvalue weighted by Gasteiger charge is -2.39. The molecule has 0 bridgehead atoms.